The van der Waals surface area contributed by atoms with Crippen LogP contribution in [0.5, 0.6) is 0 Å². The highest BCUT2D eigenvalue weighted by Gasteiger charge is 2.26. The zero-order valence-corrected chi connectivity index (χ0v) is 15.3. The molecule has 4 nitrogen and oxygen atoms in total. The largest absolute Gasteiger partial charge is 0.314 e. The molecular weight excluding hydrogens is 324 g/mol. The molecule has 0 bridgehead atoms. The third kappa shape index (κ3) is 4.69. The molecule has 120 valence electrons. The monoisotopic (exact) mass is 348 g/mol. The van der Waals surface area contributed by atoms with E-state index in [1.54, 1.807) is 24.9 Å². The highest BCUT2D eigenvalue weighted by Crippen LogP contribution is 2.26. The molecule has 1 unspecified atom stereocenters. The van der Waals surface area contributed by atoms with Gasteiger partial charge in [0.1, 0.15) is 4.21 Å². The van der Waals surface area contributed by atoms with Gasteiger partial charge in [0.15, 0.2) is 0 Å². The van der Waals surface area contributed by atoms with Gasteiger partial charge >= 0.3 is 0 Å². The fourth-order valence-corrected chi connectivity index (χ4v) is 5.75. The zero-order valence-electron chi connectivity index (χ0n) is 12.8. The van der Waals surface area contributed by atoms with E-state index in [1.807, 2.05) is 19.2 Å². The maximum Gasteiger partial charge on any atom is 0.252 e. The van der Waals surface area contributed by atoms with Crippen LogP contribution in [0.15, 0.2) is 16.3 Å². The van der Waals surface area contributed by atoms with Crippen molar-refractivity contribution in [2.45, 2.75) is 42.5 Å². The standard InChI is InChI=1S/C14H24N2O2S3/c1-11(10-19-3)16(2)21(17,18)14-7-6-13(20-14)8-9-15-12-4-5-12/h6-7,11-12,15H,4-5,8-10H2,1-3H3. The van der Waals surface area contributed by atoms with E-state index < -0.39 is 10.0 Å². The molecule has 1 heterocycles. The van der Waals surface area contributed by atoms with Crippen molar-refractivity contribution in [1.82, 2.24) is 9.62 Å². The van der Waals surface area contributed by atoms with Gasteiger partial charge in [0.2, 0.25) is 0 Å². The summed E-state index contributed by atoms with van der Waals surface area (Å²) in [5, 5.41) is 3.45. The van der Waals surface area contributed by atoms with Gasteiger partial charge in [-0.15, -0.1) is 11.3 Å². The number of nitrogens with zero attached hydrogens (tertiary/aromatic N) is 1. The van der Waals surface area contributed by atoms with Crippen LogP contribution in [-0.2, 0) is 16.4 Å². The minimum atomic E-state index is -3.35. The van der Waals surface area contributed by atoms with E-state index in [0.717, 1.165) is 23.6 Å². The summed E-state index contributed by atoms with van der Waals surface area (Å²) in [5.74, 6) is 0.805. The maximum atomic E-state index is 12.6. The van der Waals surface area contributed by atoms with Crippen LogP contribution in [0.1, 0.15) is 24.6 Å². The molecule has 1 aromatic heterocycles. The van der Waals surface area contributed by atoms with E-state index in [4.69, 9.17) is 0 Å². The Kier molecular flexibility index (Phi) is 6.14. The Morgan fingerprint density at radius 2 is 2.19 bits per heavy atom. The normalized spacial score (nSPS) is 17.3. The smallest absolute Gasteiger partial charge is 0.252 e. The average Bonchev–Trinajstić information content (AvgIpc) is 3.13. The molecule has 21 heavy (non-hydrogen) atoms. The maximum absolute atomic E-state index is 12.6. The van der Waals surface area contributed by atoms with Crippen LogP contribution in [-0.4, -0.2) is 50.4 Å². The van der Waals surface area contributed by atoms with Crippen molar-refractivity contribution in [2.75, 3.05) is 25.6 Å². The Morgan fingerprint density at radius 3 is 2.81 bits per heavy atom. The van der Waals surface area contributed by atoms with Crippen LogP contribution in [0.4, 0.5) is 0 Å². The fourth-order valence-electron chi connectivity index (χ4n) is 2.04. The lowest BCUT2D eigenvalue weighted by atomic mass is 10.3. The summed E-state index contributed by atoms with van der Waals surface area (Å²) in [4.78, 5) is 1.13. The third-order valence-electron chi connectivity index (χ3n) is 3.68. The molecule has 1 aliphatic rings. The lowest BCUT2D eigenvalue weighted by molar-refractivity contribution is 0.416. The van der Waals surface area contributed by atoms with Gasteiger partial charge < -0.3 is 5.32 Å². The quantitative estimate of drug-likeness (QED) is 0.744. The molecule has 2 rings (SSSR count). The Bertz CT molecular complexity index is 552. The fraction of sp³-hybridized carbons (Fsp3) is 0.714. The Balaban J connectivity index is 1.97. The van der Waals surface area contributed by atoms with Gasteiger partial charge in [-0.05, 0) is 44.6 Å². The van der Waals surface area contributed by atoms with Gasteiger partial charge in [0.05, 0.1) is 0 Å². The number of nitrogens with one attached hydrogen (secondary N) is 1. The second-order valence-electron chi connectivity index (χ2n) is 5.52. The molecule has 1 aliphatic carbocycles. The molecule has 1 N–H and O–H groups in total. The highest BCUT2D eigenvalue weighted by molar-refractivity contribution is 7.98. The average molecular weight is 349 g/mol. The summed E-state index contributed by atoms with van der Waals surface area (Å²) in [6, 6.07) is 4.40. The first-order valence-corrected chi connectivity index (χ1v) is 10.9. The number of thiophene rings is 1. The lowest BCUT2D eigenvalue weighted by Crippen LogP contribution is -2.36. The number of sulfonamides is 1. The van der Waals surface area contributed by atoms with Crippen molar-refractivity contribution >= 4 is 33.1 Å². The van der Waals surface area contributed by atoms with Gasteiger partial charge in [-0.1, -0.05) is 0 Å². The topological polar surface area (TPSA) is 49.4 Å². The van der Waals surface area contributed by atoms with Crippen molar-refractivity contribution in [2.24, 2.45) is 0 Å². The van der Waals surface area contributed by atoms with Crippen molar-refractivity contribution < 1.29 is 8.42 Å². The van der Waals surface area contributed by atoms with Crippen molar-refractivity contribution in [1.29, 1.82) is 0 Å². The number of hydrogen-bond acceptors (Lipinski definition) is 5. The predicted octanol–water partition coefficient (Wildman–Crippen LogP) is 2.41. The van der Waals surface area contributed by atoms with Gasteiger partial charge in [0.25, 0.3) is 10.0 Å². The first kappa shape index (κ1) is 17.3. The van der Waals surface area contributed by atoms with E-state index in [-0.39, 0.29) is 6.04 Å². The SMILES string of the molecule is CSCC(C)N(C)S(=O)(=O)c1ccc(CCNC2CC2)s1. The molecule has 1 saturated carbocycles. The summed E-state index contributed by atoms with van der Waals surface area (Å²) in [5.41, 5.74) is 0. The van der Waals surface area contributed by atoms with Crippen LogP contribution in [0, 0.1) is 0 Å². The van der Waals surface area contributed by atoms with Crippen LogP contribution in [0.3, 0.4) is 0 Å². The molecule has 1 atom stereocenters. The summed E-state index contributed by atoms with van der Waals surface area (Å²) in [6.07, 6.45) is 5.46. The second kappa shape index (κ2) is 7.46. The lowest BCUT2D eigenvalue weighted by Gasteiger charge is -2.22. The zero-order chi connectivity index (χ0) is 15.5. The molecular formula is C14H24N2O2S3. The molecule has 1 aromatic rings. The number of thioether (sulfide) groups is 1. The van der Waals surface area contributed by atoms with E-state index in [0.29, 0.717) is 10.3 Å². The van der Waals surface area contributed by atoms with Gasteiger partial charge in [0, 0.05) is 36.3 Å². The Morgan fingerprint density at radius 1 is 1.48 bits per heavy atom. The van der Waals surface area contributed by atoms with E-state index in [2.05, 4.69) is 5.32 Å². The molecule has 0 aromatic carbocycles. The molecule has 1 fully saturated rings. The first-order valence-electron chi connectivity index (χ1n) is 7.24. The summed E-state index contributed by atoms with van der Waals surface area (Å²) in [7, 11) is -1.68. The summed E-state index contributed by atoms with van der Waals surface area (Å²) in [6.45, 7) is 2.88. The van der Waals surface area contributed by atoms with Crippen LogP contribution >= 0.6 is 23.1 Å². The van der Waals surface area contributed by atoms with Crippen LogP contribution < -0.4 is 5.32 Å². The number of hydrogen-bond donors (Lipinski definition) is 1. The minimum Gasteiger partial charge on any atom is -0.314 e. The third-order valence-corrected chi connectivity index (χ3v) is 8.08. The highest BCUT2D eigenvalue weighted by atomic mass is 32.2. The van der Waals surface area contributed by atoms with Crippen molar-refractivity contribution in [3.05, 3.63) is 17.0 Å². The molecule has 0 amide bonds. The second-order valence-corrected chi connectivity index (χ2v) is 9.83. The number of rotatable bonds is 9. The summed E-state index contributed by atoms with van der Waals surface area (Å²) >= 11 is 3.06. The molecule has 7 heteroatoms. The van der Waals surface area contributed by atoms with Gasteiger partial charge in [-0.3, -0.25) is 0 Å². The Labute approximate surface area is 136 Å². The van der Waals surface area contributed by atoms with Crippen molar-refractivity contribution in [3.63, 3.8) is 0 Å². The summed E-state index contributed by atoms with van der Waals surface area (Å²) < 4.78 is 27.1. The molecule has 0 saturated heterocycles. The van der Waals surface area contributed by atoms with E-state index in [9.17, 15) is 8.42 Å². The van der Waals surface area contributed by atoms with Crippen molar-refractivity contribution in [3.8, 4) is 0 Å². The predicted molar refractivity (Wildman–Crippen MR) is 91.8 cm³/mol. The van der Waals surface area contributed by atoms with Gasteiger partial charge in [-0.25, -0.2) is 8.42 Å². The minimum absolute atomic E-state index is 0.00656. The molecule has 0 spiro atoms. The van der Waals surface area contributed by atoms with Crippen LogP contribution in [0.25, 0.3) is 0 Å². The first-order chi connectivity index (χ1) is 9.95. The van der Waals surface area contributed by atoms with Gasteiger partial charge in [-0.2, -0.15) is 16.1 Å². The van der Waals surface area contributed by atoms with E-state index >= 15 is 0 Å². The van der Waals surface area contributed by atoms with Crippen LogP contribution in [0.2, 0.25) is 0 Å². The molecule has 0 radical (unpaired) electrons. The van der Waals surface area contributed by atoms with E-state index in [1.165, 1.54) is 28.5 Å². The molecule has 0 aliphatic heterocycles. The Hall–Kier alpha value is -0.0800.